The molecule has 2 rings (SSSR count). The molecule has 1 heterocycles. The largest absolute Gasteiger partial charge is 0.402 e. The van der Waals surface area contributed by atoms with Gasteiger partial charge in [0, 0.05) is 7.05 Å². The van der Waals surface area contributed by atoms with Crippen LogP contribution in [-0.2, 0) is 4.84 Å². The van der Waals surface area contributed by atoms with E-state index in [1.807, 2.05) is 0 Å². The summed E-state index contributed by atoms with van der Waals surface area (Å²) in [6.45, 7) is 1.76. The molecule has 0 spiro atoms. The summed E-state index contributed by atoms with van der Waals surface area (Å²) >= 11 is 0. The van der Waals surface area contributed by atoms with E-state index in [1.165, 1.54) is 12.1 Å². The van der Waals surface area contributed by atoms with Gasteiger partial charge in [-0.3, -0.25) is 0 Å². The Labute approximate surface area is 106 Å². The molecule has 106 valence electrons. The number of hydrogen-bond acceptors (Lipinski definition) is 2. The van der Waals surface area contributed by atoms with Crippen LogP contribution < -0.4 is 0 Å². The van der Waals surface area contributed by atoms with Crippen molar-refractivity contribution in [3.63, 3.8) is 0 Å². The topological polar surface area (TPSA) is 12.5 Å². The van der Waals surface area contributed by atoms with Crippen molar-refractivity contribution in [2.24, 2.45) is 5.92 Å². The average molecular weight is 281 g/mol. The number of hydroxylamine groups is 2. The molecule has 1 aliphatic rings. The number of aryl methyl sites for hydroxylation is 1. The zero-order valence-corrected chi connectivity index (χ0v) is 10.2. The van der Waals surface area contributed by atoms with E-state index in [4.69, 9.17) is 0 Å². The normalized spacial score (nSPS) is 27.7. The Kier molecular flexibility index (Phi) is 3.30. The second-order valence-electron chi connectivity index (χ2n) is 4.57. The summed E-state index contributed by atoms with van der Waals surface area (Å²) in [5.41, 5.74) is 0.980. The standard InChI is InChI=1S/C12H12F5NO/c1-7-3-5-8(6-4-7)9-10(11(13,14)15)12(16,17)19-18(9)2/h3-6,9-10H,1-2H3. The molecule has 0 N–H and O–H groups in total. The van der Waals surface area contributed by atoms with Gasteiger partial charge in [-0.05, 0) is 12.5 Å². The third kappa shape index (κ3) is 2.57. The first-order chi connectivity index (χ1) is 8.63. The highest BCUT2D eigenvalue weighted by Gasteiger charge is 2.67. The number of alkyl halides is 5. The average Bonchev–Trinajstić information content (AvgIpc) is 2.48. The molecule has 0 aromatic heterocycles. The van der Waals surface area contributed by atoms with E-state index < -0.39 is 24.2 Å². The van der Waals surface area contributed by atoms with Crippen LogP contribution in [0.4, 0.5) is 22.0 Å². The first-order valence-electron chi connectivity index (χ1n) is 5.56. The van der Waals surface area contributed by atoms with Gasteiger partial charge in [-0.15, -0.1) is 0 Å². The van der Waals surface area contributed by atoms with Crippen LogP contribution in [0.5, 0.6) is 0 Å². The van der Waals surface area contributed by atoms with Crippen molar-refractivity contribution in [1.82, 2.24) is 5.06 Å². The summed E-state index contributed by atoms with van der Waals surface area (Å²) in [5.74, 6) is -2.88. The summed E-state index contributed by atoms with van der Waals surface area (Å²) in [7, 11) is 1.07. The Morgan fingerprint density at radius 2 is 1.68 bits per heavy atom. The van der Waals surface area contributed by atoms with Crippen LogP contribution in [0.2, 0.25) is 0 Å². The van der Waals surface area contributed by atoms with Gasteiger partial charge in [0.25, 0.3) is 0 Å². The van der Waals surface area contributed by atoms with Gasteiger partial charge >= 0.3 is 12.3 Å². The smallest absolute Gasteiger partial charge is 0.228 e. The lowest BCUT2D eigenvalue weighted by Gasteiger charge is -2.24. The fourth-order valence-electron chi connectivity index (χ4n) is 2.23. The summed E-state index contributed by atoms with van der Waals surface area (Å²) in [6.07, 6.45) is -9.31. The highest BCUT2D eigenvalue weighted by molar-refractivity contribution is 5.25. The molecule has 2 atom stereocenters. The molecule has 2 unspecified atom stereocenters. The van der Waals surface area contributed by atoms with Gasteiger partial charge in [-0.1, -0.05) is 29.8 Å². The molecule has 1 fully saturated rings. The van der Waals surface area contributed by atoms with Gasteiger partial charge in [0.15, 0.2) is 5.92 Å². The highest BCUT2D eigenvalue weighted by Crippen LogP contribution is 2.53. The third-order valence-corrected chi connectivity index (χ3v) is 3.11. The molecule has 0 saturated carbocycles. The predicted molar refractivity (Wildman–Crippen MR) is 57.3 cm³/mol. The van der Waals surface area contributed by atoms with Crippen molar-refractivity contribution in [2.45, 2.75) is 25.3 Å². The van der Waals surface area contributed by atoms with E-state index in [9.17, 15) is 22.0 Å². The van der Waals surface area contributed by atoms with Crippen molar-refractivity contribution in [1.29, 1.82) is 0 Å². The van der Waals surface area contributed by atoms with Crippen LogP contribution in [-0.4, -0.2) is 24.4 Å². The summed E-state index contributed by atoms with van der Waals surface area (Å²) < 4.78 is 65.3. The van der Waals surface area contributed by atoms with Gasteiger partial charge in [-0.25, -0.2) is 4.84 Å². The van der Waals surface area contributed by atoms with Crippen LogP contribution in [0.1, 0.15) is 17.2 Å². The molecular formula is C12H12F5NO. The lowest BCUT2D eigenvalue weighted by molar-refractivity contribution is -0.339. The molecule has 7 heteroatoms. The van der Waals surface area contributed by atoms with Crippen LogP contribution in [0.25, 0.3) is 0 Å². The molecule has 1 aromatic rings. The molecule has 1 aromatic carbocycles. The summed E-state index contributed by atoms with van der Waals surface area (Å²) in [5, 5.41) is 0.572. The Morgan fingerprint density at radius 1 is 1.16 bits per heavy atom. The number of hydrogen-bond donors (Lipinski definition) is 0. The lowest BCUT2D eigenvalue weighted by Crippen LogP contribution is -2.38. The Bertz CT molecular complexity index is 456. The van der Waals surface area contributed by atoms with Gasteiger partial charge < -0.3 is 0 Å². The fraction of sp³-hybridized carbons (Fsp3) is 0.500. The van der Waals surface area contributed by atoms with Gasteiger partial charge in [0.05, 0.1) is 6.04 Å². The number of benzene rings is 1. The van der Waals surface area contributed by atoms with Crippen LogP contribution >= 0.6 is 0 Å². The lowest BCUT2D eigenvalue weighted by atomic mass is 9.92. The van der Waals surface area contributed by atoms with Gasteiger partial charge in [-0.2, -0.15) is 27.0 Å². The van der Waals surface area contributed by atoms with Gasteiger partial charge in [0.1, 0.15) is 0 Å². The molecule has 1 aliphatic heterocycles. The maximum atomic E-state index is 13.4. The minimum atomic E-state index is -5.05. The Balaban J connectivity index is 2.44. The fourth-order valence-corrected chi connectivity index (χ4v) is 2.23. The second kappa shape index (κ2) is 4.42. The van der Waals surface area contributed by atoms with E-state index in [0.29, 0.717) is 5.06 Å². The van der Waals surface area contributed by atoms with Crippen LogP contribution in [0.15, 0.2) is 24.3 Å². The van der Waals surface area contributed by atoms with Crippen molar-refractivity contribution < 1.29 is 26.8 Å². The Morgan fingerprint density at radius 3 is 2.16 bits per heavy atom. The van der Waals surface area contributed by atoms with E-state index >= 15 is 0 Å². The van der Waals surface area contributed by atoms with E-state index in [-0.39, 0.29) is 5.56 Å². The van der Waals surface area contributed by atoms with Crippen LogP contribution in [0, 0.1) is 12.8 Å². The first kappa shape index (κ1) is 14.2. The molecule has 19 heavy (non-hydrogen) atoms. The highest BCUT2D eigenvalue weighted by atomic mass is 19.4. The monoisotopic (exact) mass is 281 g/mol. The number of nitrogens with zero attached hydrogens (tertiary/aromatic N) is 1. The Hall–Kier alpha value is -1.21. The van der Waals surface area contributed by atoms with E-state index in [2.05, 4.69) is 4.84 Å². The SMILES string of the molecule is Cc1ccc(C2C(C(F)(F)F)C(F)(F)ON2C)cc1. The zero-order valence-electron chi connectivity index (χ0n) is 10.2. The van der Waals surface area contributed by atoms with Crippen molar-refractivity contribution in [3.8, 4) is 0 Å². The van der Waals surface area contributed by atoms with Gasteiger partial charge in [0.2, 0.25) is 0 Å². The minimum absolute atomic E-state index is 0.146. The zero-order chi connectivity index (χ0) is 14.4. The first-order valence-corrected chi connectivity index (χ1v) is 5.56. The molecule has 0 radical (unpaired) electrons. The molecule has 2 nitrogen and oxygen atoms in total. The third-order valence-electron chi connectivity index (χ3n) is 3.11. The van der Waals surface area contributed by atoms with Crippen molar-refractivity contribution in [3.05, 3.63) is 35.4 Å². The molecule has 1 saturated heterocycles. The summed E-state index contributed by atoms with van der Waals surface area (Å²) in [6, 6.07) is 4.40. The maximum absolute atomic E-state index is 13.4. The predicted octanol–water partition coefficient (Wildman–Crippen LogP) is 3.68. The van der Waals surface area contributed by atoms with E-state index in [1.54, 1.807) is 19.1 Å². The maximum Gasteiger partial charge on any atom is 0.402 e. The molecule has 0 aliphatic carbocycles. The quantitative estimate of drug-likeness (QED) is 0.728. The molecule has 0 amide bonds. The second-order valence-corrected chi connectivity index (χ2v) is 4.57. The minimum Gasteiger partial charge on any atom is -0.228 e. The van der Waals surface area contributed by atoms with Crippen molar-refractivity contribution in [2.75, 3.05) is 7.05 Å². The summed E-state index contributed by atoms with van der Waals surface area (Å²) in [4.78, 5) is 4.07. The molecular weight excluding hydrogens is 269 g/mol. The number of halogens is 5. The number of rotatable bonds is 1. The van der Waals surface area contributed by atoms with Crippen LogP contribution in [0.3, 0.4) is 0 Å². The van der Waals surface area contributed by atoms with E-state index in [0.717, 1.165) is 12.6 Å². The molecule has 0 bridgehead atoms. The van der Waals surface area contributed by atoms with Crippen molar-refractivity contribution >= 4 is 0 Å².